The quantitative estimate of drug-likeness (QED) is 0.720. The zero-order chi connectivity index (χ0) is 14.4. The molecule has 0 radical (unpaired) electrons. The average molecular weight is 282 g/mol. The highest BCUT2D eigenvalue weighted by Crippen LogP contribution is 2.17. The minimum absolute atomic E-state index is 0.906. The summed E-state index contributed by atoms with van der Waals surface area (Å²) in [6.45, 7) is 4.81. The molecule has 0 atom stereocenters. The molecule has 2 aromatic rings. The molecule has 0 aromatic heterocycles. The van der Waals surface area contributed by atoms with Gasteiger partial charge in [0, 0.05) is 0 Å². The Labute approximate surface area is 122 Å². The molecule has 0 aliphatic carbocycles. The second-order valence-electron chi connectivity index (χ2n) is 5.76. The van der Waals surface area contributed by atoms with E-state index >= 15 is 0 Å². The van der Waals surface area contributed by atoms with Gasteiger partial charge in [-0.1, -0.05) is 72.9 Å². The van der Waals surface area contributed by atoms with Crippen LogP contribution in [-0.2, 0) is 6.04 Å². The Morgan fingerprint density at radius 1 is 0.950 bits per heavy atom. The van der Waals surface area contributed by atoms with Gasteiger partial charge in [-0.05, 0) is 23.7 Å². The van der Waals surface area contributed by atoms with E-state index in [1.165, 1.54) is 17.2 Å². The second kappa shape index (κ2) is 6.57. The Bertz CT molecular complexity index is 556. The molecule has 0 spiro atoms. The largest absolute Gasteiger partial charge is 0.497 e. The van der Waals surface area contributed by atoms with E-state index in [9.17, 15) is 0 Å². The molecule has 20 heavy (non-hydrogen) atoms. The van der Waals surface area contributed by atoms with Crippen molar-refractivity contribution >= 4 is 14.1 Å². The summed E-state index contributed by atoms with van der Waals surface area (Å²) < 4.78 is 5.18. The maximum absolute atomic E-state index is 5.18. The molecule has 0 aliphatic heterocycles. The second-order valence-corrected chi connectivity index (χ2v) is 10.4. The van der Waals surface area contributed by atoms with Gasteiger partial charge < -0.3 is 4.74 Å². The molecule has 0 aliphatic rings. The molecule has 0 bridgehead atoms. The fraction of sp³-hybridized carbons (Fsp3) is 0.222. The third kappa shape index (κ3) is 4.39. The number of hydrogen-bond donors (Lipinski definition) is 0. The Morgan fingerprint density at radius 3 is 2.20 bits per heavy atom. The van der Waals surface area contributed by atoms with Crippen LogP contribution < -0.4 is 4.74 Å². The lowest BCUT2D eigenvalue weighted by Gasteiger charge is -2.17. The van der Waals surface area contributed by atoms with Crippen LogP contribution in [-0.4, -0.2) is 15.2 Å². The lowest BCUT2D eigenvalue weighted by Crippen LogP contribution is -2.26. The zero-order valence-corrected chi connectivity index (χ0v) is 13.5. The Hall–Kier alpha value is -1.80. The van der Waals surface area contributed by atoms with E-state index in [-0.39, 0.29) is 0 Å². The van der Waals surface area contributed by atoms with Crippen LogP contribution in [0.15, 0.2) is 60.3 Å². The van der Waals surface area contributed by atoms with Crippen molar-refractivity contribution in [1.29, 1.82) is 0 Å². The molecule has 0 saturated heterocycles. The Morgan fingerprint density at radius 2 is 1.60 bits per heavy atom. The van der Waals surface area contributed by atoms with Gasteiger partial charge in [0.2, 0.25) is 0 Å². The van der Waals surface area contributed by atoms with Crippen molar-refractivity contribution in [3.8, 4) is 5.75 Å². The summed E-state index contributed by atoms with van der Waals surface area (Å²) in [6.07, 6.45) is 2.24. The van der Waals surface area contributed by atoms with Crippen molar-refractivity contribution in [3.05, 3.63) is 71.4 Å². The van der Waals surface area contributed by atoms with Crippen LogP contribution in [0.3, 0.4) is 0 Å². The minimum atomic E-state index is -1.36. The van der Waals surface area contributed by atoms with Gasteiger partial charge in [-0.25, -0.2) is 0 Å². The van der Waals surface area contributed by atoms with E-state index in [1.54, 1.807) is 7.11 Å². The summed E-state index contributed by atoms with van der Waals surface area (Å²) in [5.74, 6) is 0.906. The minimum Gasteiger partial charge on any atom is -0.497 e. The fourth-order valence-corrected chi connectivity index (χ4v) is 4.27. The van der Waals surface area contributed by atoms with Crippen LogP contribution in [0.5, 0.6) is 5.75 Å². The van der Waals surface area contributed by atoms with Gasteiger partial charge in [0.05, 0.1) is 15.2 Å². The number of hydrogen-bond acceptors (Lipinski definition) is 1. The van der Waals surface area contributed by atoms with E-state index in [2.05, 4.69) is 67.3 Å². The van der Waals surface area contributed by atoms with Gasteiger partial charge in [0.1, 0.15) is 5.75 Å². The molecule has 0 saturated carbocycles. The van der Waals surface area contributed by atoms with Gasteiger partial charge in [0.25, 0.3) is 0 Å². The Balaban J connectivity index is 2.04. The van der Waals surface area contributed by atoms with Gasteiger partial charge in [-0.3, -0.25) is 0 Å². The van der Waals surface area contributed by atoms with Gasteiger partial charge >= 0.3 is 0 Å². The van der Waals surface area contributed by atoms with Crippen molar-refractivity contribution in [2.45, 2.75) is 19.1 Å². The molecular formula is C18H22OSi. The molecule has 0 N–H and O–H groups in total. The highest BCUT2D eigenvalue weighted by molar-refractivity contribution is 6.82. The van der Waals surface area contributed by atoms with Crippen LogP contribution in [0.4, 0.5) is 0 Å². The van der Waals surface area contributed by atoms with E-state index in [4.69, 9.17) is 4.74 Å². The smallest absolute Gasteiger partial charge is 0.118 e. The van der Waals surface area contributed by atoms with Crippen LogP contribution in [0.1, 0.15) is 11.1 Å². The van der Waals surface area contributed by atoms with Crippen molar-refractivity contribution in [3.63, 3.8) is 0 Å². The first-order valence-electron chi connectivity index (χ1n) is 6.96. The van der Waals surface area contributed by atoms with E-state index in [0.29, 0.717) is 0 Å². The van der Waals surface area contributed by atoms with E-state index in [1.807, 2.05) is 12.1 Å². The summed E-state index contributed by atoms with van der Waals surface area (Å²) in [5, 5.41) is 0. The molecule has 0 heterocycles. The number of ether oxygens (including phenoxy) is 1. The van der Waals surface area contributed by atoms with Crippen LogP contribution >= 0.6 is 0 Å². The van der Waals surface area contributed by atoms with Crippen LogP contribution in [0.25, 0.3) is 6.08 Å². The van der Waals surface area contributed by atoms with Crippen molar-refractivity contribution < 1.29 is 4.74 Å². The highest BCUT2D eigenvalue weighted by Gasteiger charge is 2.17. The molecule has 0 unspecified atom stereocenters. The molecule has 2 rings (SSSR count). The van der Waals surface area contributed by atoms with Crippen molar-refractivity contribution in [2.75, 3.05) is 7.11 Å². The van der Waals surface area contributed by atoms with Gasteiger partial charge in [-0.15, -0.1) is 0 Å². The summed E-state index contributed by atoms with van der Waals surface area (Å²) in [5.41, 5.74) is 5.09. The molecule has 1 nitrogen and oxygen atoms in total. The van der Waals surface area contributed by atoms with Crippen LogP contribution in [0, 0.1) is 0 Å². The van der Waals surface area contributed by atoms with E-state index < -0.39 is 8.07 Å². The standard InChI is InChI=1S/C18H22OSi/c1-19-18-11-9-16(10-12-18)13-14-20(2,3)15-17-7-5-4-6-8-17/h4-14H,15H2,1-3H3/b14-13+. The first-order chi connectivity index (χ1) is 9.59. The summed E-state index contributed by atoms with van der Waals surface area (Å²) in [6, 6.07) is 20.1. The van der Waals surface area contributed by atoms with E-state index in [0.717, 1.165) is 5.75 Å². The summed E-state index contributed by atoms with van der Waals surface area (Å²) >= 11 is 0. The van der Waals surface area contributed by atoms with Gasteiger partial charge in [0.15, 0.2) is 0 Å². The molecule has 2 heteroatoms. The Kier molecular flexibility index (Phi) is 4.80. The number of methoxy groups -OCH3 is 1. The third-order valence-corrected chi connectivity index (χ3v) is 5.73. The maximum atomic E-state index is 5.18. The third-order valence-electron chi connectivity index (χ3n) is 3.35. The lowest BCUT2D eigenvalue weighted by molar-refractivity contribution is 0.415. The maximum Gasteiger partial charge on any atom is 0.118 e. The predicted octanol–water partition coefficient (Wildman–Crippen LogP) is 4.74. The molecule has 0 fully saturated rings. The fourth-order valence-electron chi connectivity index (χ4n) is 2.22. The highest BCUT2D eigenvalue weighted by atomic mass is 28.3. The molecule has 104 valence electrons. The molecule has 0 amide bonds. The number of benzene rings is 2. The topological polar surface area (TPSA) is 9.23 Å². The first kappa shape index (κ1) is 14.6. The average Bonchev–Trinajstić information content (AvgIpc) is 2.46. The first-order valence-corrected chi connectivity index (χ1v) is 10.2. The number of rotatable bonds is 5. The lowest BCUT2D eigenvalue weighted by atomic mass is 10.2. The normalized spacial score (nSPS) is 11.8. The molecule has 2 aromatic carbocycles. The van der Waals surface area contributed by atoms with Crippen molar-refractivity contribution in [1.82, 2.24) is 0 Å². The monoisotopic (exact) mass is 282 g/mol. The van der Waals surface area contributed by atoms with Crippen molar-refractivity contribution in [2.24, 2.45) is 0 Å². The summed E-state index contributed by atoms with van der Waals surface area (Å²) in [4.78, 5) is 0. The predicted molar refractivity (Wildman–Crippen MR) is 89.7 cm³/mol. The molecular weight excluding hydrogens is 260 g/mol. The van der Waals surface area contributed by atoms with Crippen LogP contribution in [0.2, 0.25) is 13.1 Å². The zero-order valence-electron chi connectivity index (χ0n) is 12.5. The summed E-state index contributed by atoms with van der Waals surface area (Å²) in [7, 11) is 0.335. The van der Waals surface area contributed by atoms with Gasteiger partial charge in [-0.2, -0.15) is 0 Å². The SMILES string of the molecule is COc1ccc(/C=C/[Si](C)(C)Cc2ccccc2)cc1.